The van der Waals surface area contributed by atoms with E-state index in [1.165, 1.54) is 6.07 Å². The van der Waals surface area contributed by atoms with Crippen LogP contribution in [0.1, 0.15) is 18.1 Å². The number of hydrogen-bond donors (Lipinski definition) is 4. The van der Waals surface area contributed by atoms with Crippen molar-refractivity contribution in [1.29, 1.82) is 0 Å². The van der Waals surface area contributed by atoms with Crippen LogP contribution in [0.15, 0.2) is 12.1 Å². The van der Waals surface area contributed by atoms with Crippen molar-refractivity contribution in [3.05, 3.63) is 28.5 Å². The molecule has 1 aromatic rings. The van der Waals surface area contributed by atoms with Crippen LogP contribution in [0.4, 0.5) is 10.1 Å². The van der Waals surface area contributed by atoms with E-state index in [1.54, 1.807) is 0 Å². The molecule has 2 unspecified atom stereocenters. The molecule has 2 atom stereocenters. The van der Waals surface area contributed by atoms with Gasteiger partial charge in [0.15, 0.2) is 0 Å². The second-order valence-electron chi connectivity index (χ2n) is 3.41. The lowest BCUT2D eigenvalue weighted by Crippen LogP contribution is -2.21. The number of rotatable bonds is 4. The lowest BCUT2D eigenvalue weighted by atomic mass is 10.0. The summed E-state index contributed by atoms with van der Waals surface area (Å²) in [5, 5.41) is 27.8. The highest BCUT2D eigenvalue weighted by Crippen LogP contribution is 2.29. The van der Waals surface area contributed by atoms with E-state index in [0.29, 0.717) is 0 Å². The second-order valence-corrected chi connectivity index (χ2v) is 3.85. The number of anilines is 1. The molecule has 16 heavy (non-hydrogen) atoms. The summed E-state index contributed by atoms with van der Waals surface area (Å²) in [5.74, 6) is -0.752. The fourth-order valence-electron chi connectivity index (χ4n) is 1.35. The fourth-order valence-corrected chi connectivity index (χ4v) is 1.56. The van der Waals surface area contributed by atoms with E-state index in [2.05, 4.69) is 0 Å². The zero-order chi connectivity index (χ0) is 12.3. The molecule has 1 aromatic carbocycles. The van der Waals surface area contributed by atoms with Crippen molar-refractivity contribution in [1.82, 2.24) is 0 Å². The van der Waals surface area contributed by atoms with E-state index in [0.717, 1.165) is 6.07 Å². The first-order valence-corrected chi connectivity index (χ1v) is 5.06. The third-order valence-electron chi connectivity index (χ3n) is 2.23. The Balaban J connectivity index is 3.03. The molecular formula is C10H13ClFNO3. The Bertz CT molecular complexity index is 375. The fraction of sp³-hybridized carbons (Fsp3) is 0.400. The first-order valence-electron chi connectivity index (χ1n) is 4.68. The molecule has 0 aliphatic carbocycles. The van der Waals surface area contributed by atoms with Gasteiger partial charge in [-0.3, -0.25) is 0 Å². The summed E-state index contributed by atoms with van der Waals surface area (Å²) in [7, 11) is 0. The minimum atomic E-state index is -1.37. The molecule has 0 saturated carbocycles. The molecule has 0 saturated heterocycles. The maximum Gasteiger partial charge on any atom is 0.147 e. The minimum Gasteiger partial charge on any atom is -0.396 e. The molecule has 1 rings (SSSR count). The molecule has 6 heteroatoms. The van der Waals surface area contributed by atoms with E-state index in [-0.39, 0.29) is 29.3 Å². The number of nitrogens with two attached hydrogens (primary N) is 1. The predicted molar refractivity (Wildman–Crippen MR) is 58.5 cm³/mol. The van der Waals surface area contributed by atoms with E-state index in [9.17, 15) is 14.6 Å². The summed E-state index contributed by atoms with van der Waals surface area (Å²) in [5.41, 5.74) is 5.18. The third kappa shape index (κ3) is 2.82. The predicted octanol–water partition coefficient (Wildman–Crippen LogP) is 0.838. The van der Waals surface area contributed by atoms with Gasteiger partial charge in [0.1, 0.15) is 11.9 Å². The lowest BCUT2D eigenvalue weighted by molar-refractivity contribution is 0.00450. The van der Waals surface area contributed by atoms with Crippen molar-refractivity contribution in [2.75, 3.05) is 12.3 Å². The third-order valence-corrected chi connectivity index (χ3v) is 2.45. The van der Waals surface area contributed by atoms with Gasteiger partial charge in [0.05, 0.1) is 11.8 Å². The number of aliphatic hydroxyl groups excluding tert-OH is 3. The summed E-state index contributed by atoms with van der Waals surface area (Å²) in [6, 6.07) is 2.30. The molecule has 0 spiro atoms. The van der Waals surface area contributed by atoms with Gasteiger partial charge in [-0.15, -0.1) is 0 Å². The van der Waals surface area contributed by atoms with E-state index >= 15 is 0 Å². The van der Waals surface area contributed by atoms with Crippen molar-refractivity contribution in [2.45, 2.75) is 18.6 Å². The molecule has 0 heterocycles. The standard InChI is InChI=1S/C10H13ClFNO3/c11-5-3-6(9(13)7(12)4-5)10(16)8(15)1-2-14/h3-4,8,10,14-16H,1-2,13H2. The first kappa shape index (κ1) is 13.2. The van der Waals surface area contributed by atoms with Gasteiger partial charge in [-0.25, -0.2) is 4.39 Å². The summed E-state index contributed by atoms with van der Waals surface area (Å²) < 4.78 is 13.2. The zero-order valence-corrected chi connectivity index (χ0v) is 9.15. The van der Waals surface area contributed by atoms with E-state index in [1.807, 2.05) is 0 Å². The van der Waals surface area contributed by atoms with Gasteiger partial charge in [-0.05, 0) is 18.6 Å². The Hall–Kier alpha value is -0.880. The quantitative estimate of drug-likeness (QED) is 0.596. The van der Waals surface area contributed by atoms with Gasteiger partial charge in [0.25, 0.3) is 0 Å². The van der Waals surface area contributed by atoms with Crippen LogP contribution < -0.4 is 5.73 Å². The van der Waals surface area contributed by atoms with Crippen molar-refractivity contribution in [3.63, 3.8) is 0 Å². The summed E-state index contributed by atoms with van der Waals surface area (Å²) in [6.07, 6.45) is -2.63. The van der Waals surface area contributed by atoms with Crippen LogP contribution >= 0.6 is 11.6 Å². The van der Waals surface area contributed by atoms with Gasteiger partial charge in [-0.2, -0.15) is 0 Å². The minimum absolute atomic E-state index is 0.0194. The summed E-state index contributed by atoms with van der Waals surface area (Å²) in [6.45, 7) is -0.290. The maximum atomic E-state index is 13.2. The zero-order valence-electron chi connectivity index (χ0n) is 8.40. The van der Waals surface area contributed by atoms with Crippen LogP contribution in [-0.4, -0.2) is 28.0 Å². The highest BCUT2D eigenvalue weighted by atomic mass is 35.5. The number of aliphatic hydroxyl groups is 3. The van der Waals surface area contributed by atoms with Crippen LogP contribution in [0, 0.1) is 5.82 Å². The van der Waals surface area contributed by atoms with Gasteiger partial charge in [0.2, 0.25) is 0 Å². The van der Waals surface area contributed by atoms with Crippen LogP contribution in [0.3, 0.4) is 0 Å². The number of hydrogen-bond acceptors (Lipinski definition) is 4. The number of halogens is 2. The van der Waals surface area contributed by atoms with Crippen molar-refractivity contribution in [3.8, 4) is 0 Å². The van der Waals surface area contributed by atoms with Crippen LogP contribution in [0.25, 0.3) is 0 Å². The highest BCUT2D eigenvalue weighted by molar-refractivity contribution is 6.30. The van der Waals surface area contributed by atoms with Crippen molar-refractivity contribution in [2.24, 2.45) is 0 Å². The lowest BCUT2D eigenvalue weighted by Gasteiger charge is -2.19. The van der Waals surface area contributed by atoms with Gasteiger partial charge in [-0.1, -0.05) is 11.6 Å². The Labute approximate surface area is 97.1 Å². The largest absolute Gasteiger partial charge is 0.396 e. The van der Waals surface area contributed by atoms with Crippen LogP contribution in [0.5, 0.6) is 0 Å². The van der Waals surface area contributed by atoms with E-state index < -0.39 is 18.0 Å². The maximum absolute atomic E-state index is 13.2. The summed E-state index contributed by atoms with van der Waals surface area (Å²) in [4.78, 5) is 0. The molecule has 0 aliphatic rings. The number of benzene rings is 1. The van der Waals surface area contributed by atoms with E-state index in [4.69, 9.17) is 22.4 Å². The normalized spacial score (nSPS) is 14.8. The smallest absolute Gasteiger partial charge is 0.147 e. The Morgan fingerprint density at radius 2 is 2.00 bits per heavy atom. The Kier molecular flexibility index (Phi) is 4.49. The molecule has 0 aromatic heterocycles. The molecule has 0 bridgehead atoms. The SMILES string of the molecule is Nc1c(F)cc(Cl)cc1C(O)C(O)CCO. The molecule has 0 amide bonds. The van der Waals surface area contributed by atoms with Crippen molar-refractivity contribution < 1.29 is 19.7 Å². The van der Waals surface area contributed by atoms with Gasteiger partial charge >= 0.3 is 0 Å². The Morgan fingerprint density at radius 1 is 1.38 bits per heavy atom. The summed E-state index contributed by atoms with van der Waals surface area (Å²) >= 11 is 5.61. The van der Waals surface area contributed by atoms with Crippen molar-refractivity contribution >= 4 is 17.3 Å². The highest BCUT2D eigenvalue weighted by Gasteiger charge is 2.22. The molecule has 90 valence electrons. The topological polar surface area (TPSA) is 86.7 Å². The molecular weight excluding hydrogens is 237 g/mol. The average molecular weight is 250 g/mol. The van der Waals surface area contributed by atoms with Gasteiger partial charge < -0.3 is 21.1 Å². The molecule has 5 N–H and O–H groups in total. The molecule has 4 nitrogen and oxygen atoms in total. The average Bonchev–Trinajstić information content (AvgIpc) is 2.22. The first-order chi connectivity index (χ1) is 7.47. The van der Waals surface area contributed by atoms with Crippen LogP contribution in [-0.2, 0) is 0 Å². The molecule has 0 aliphatic heterocycles. The monoisotopic (exact) mass is 249 g/mol. The second kappa shape index (κ2) is 5.45. The number of nitrogen functional groups attached to an aromatic ring is 1. The van der Waals surface area contributed by atoms with Gasteiger partial charge in [0, 0.05) is 17.2 Å². The molecule has 0 fully saturated rings. The Morgan fingerprint density at radius 3 is 2.56 bits per heavy atom. The molecule has 0 radical (unpaired) electrons. The van der Waals surface area contributed by atoms with Crippen LogP contribution in [0.2, 0.25) is 5.02 Å².